The van der Waals surface area contributed by atoms with Crippen LogP contribution in [0.4, 0.5) is 5.69 Å². The Kier molecular flexibility index (Phi) is 3.67. The van der Waals surface area contributed by atoms with E-state index in [4.69, 9.17) is 16.3 Å². The Morgan fingerprint density at radius 3 is 2.85 bits per heavy atom. The molecule has 8 heteroatoms. The summed E-state index contributed by atoms with van der Waals surface area (Å²) >= 11 is 6.26. The van der Waals surface area contributed by atoms with E-state index in [9.17, 15) is 14.4 Å². The van der Waals surface area contributed by atoms with Crippen LogP contribution in [-0.4, -0.2) is 47.9 Å². The van der Waals surface area contributed by atoms with Gasteiger partial charge in [-0.05, 0) is 25.8 Å². The molecular weight excluding hydrogens is 370 g/mol. The average Bonchev–Trinajstić information content (AvgIpc) is 3.36. The van der Waals surface area contributed by atoms with E-state index in [0.717, 1.165) is 12.8 Å². The van der Waals surface area contributed by atoms with Gasteiger partial charge >= 0.3 is 0 Å². The quantitative estimate of drug-likeness (QED) is 0.743. The Hall–Kier alpha value is -1.96. The third-order valence-corrected chi connectivity index (χ3v) is 6.66. The Bertz CT molecular complexity index is 869. The molecule has 5 atom stereocenters. The van der Waals surface area contributed by atoms with Crippen molar-refractivity contribution < 1.29 is 19.1 Å². The lowest BCUT2D eigenvalue weighted by Gasteiger charge is -2.29. The van der Waals surface area contributed by atoms with E-state index in [-0.39, 0.29) is 36.4 Å². The van der Waals surface area contributed by atoms with Gasteiger partial charge in [0, 0.05) is 18.2 Å². The smallest absolute Gasteiger partial charge is 0.250 e. The molecule has 4 aliphatic rings. The number of carbonyl (C=O) groups excluding carboxylic acids is 3. The molecular formula is C19H20ClN3O4. The number of hydrogen-bond acceptors (Lipinski definition) is 5. The summed E-state index contributed by atoms with van der Waals surface area (Å²) in [5.41, 5.74) is -0.107. The number of rotatable bonds is 2. The first kappa shape index (κ1) is 17.2. The third kappa shape index (κ3) is 2.13. The predicted molar refractivity (Wildman–Crippen MR) is 97.0 cm³/mol. The zero-order valence-corrected chi connectivity index (χ0v) is 15.6. The molecule has 27 heavy (non-hydrogen) atoms. The molecule has 4 aliphatic heterocycles. The summed E-state index contributed by atoms with van der Waals surface area (Å²) in [6, 6.07) is 4.94. The van der Waals surface area contributed by atoms with E-state index >= 15 is 0 Å². The number of hydrogen-bond donors (Lipinski definition) is 2. The molecule has 7 nitrogen and oxygen atoms in total. The standard InChI is InChI=1S/C19H20ClN3O4/c1-9-13-14(17(25)23(16(13)24)8-10-4-3-7-27-10)19(22-9)11-5-2-6-12(20)15(11)21-18(19)26/h2,5-6,9-10,13-14,22H,3-4,7-8H2,1H3,(H,21,26)/t9-,10+,13-,14+,19+/m0/s1. The van der Waals surface area contributed by atoms with E-state index in [1.165, 1.54) is 4.90 Å². The summed E-state index contributed by atoms with van der Waals surface area (Å²) in [6.07, 6.45) is 1.66. The minimum atomic E-state index is -1.26. The number of imide groups is 1. The maximum absolute atomic E-state index is 13.3. The molecule has 0 saturated carbocycles. The van der Waals surface area contributed by atoms with E-state index in [2.05, 4.69) is 10.6 Å². The molecule has 0 unspecified atom stereocenters. The number of fused-ring (bicyclic) bond motifs is 4. The summed E-state index contributed by atoms with van der Waals surface area (Å²) in [7, 11) is 0. The lowest BCUT2D eigenvalue weighted by atomic mass is 9.76. The second kappa shape index (κ2) is 5.77. The topological polar surface area (TPSA) is 87.7 Å². The van der Waals surface area contributed by atoms with Crippen molar-refractivity contribution in [1.82, 2.24) is 10.2 Å². The summed E-state index contributed by atoms with van der Waals surface area (Å²) in [4.78, 5) is 40.8. The van der Waals surface area contributed by atoms with Crippen LogP contribution >= 0.6 is 11.6 Å². The summed E-state index contributed by atoms with van der Waals surface area (Å²) in [5, 5.41) is 6.50. The van der Waals surface area contributed by atoms with Crippen LogP contribution < -0.4 is 10.6 Å². The number of carbonyl (C=O) groups is 3. The first-order valence-corrected chi connectivity index (χ1v) is 9.68. The van der Waals surface area contributed by atoms with Gasteiger partial charge in [0.25, 0.3) is 0 Å². The maximum atomic E-state index is 13.3. The molecule has 5 rings (SSSR count). The average molecular weight is 390 g/mol. The summed E-state index contributed by atoms with van der Waals surface area (Å²) in [5.74, 6) is -2.21. The minimum absolute atomic E-state index is 0.116. The number of anilines is 1. The molecule has 1 spiro atoms. The highest BCUT2D eigenvalue weighted by atomic mass is 35.5. The van der Waals surface area contributed by atoms with Crippen molar-refractivity contribution in [2.24, 2.45) is 11.8 Å². The van der Waals surface area contributed by atoms with Crippen molar-refractivity contribution in [3.63, 3.8) is 0 Å². The number of ether oxygens (including phenoxy) is 1. The van der Waals surface area contributed by atoms with Crippen LogP contribution in [0.2, 0.25) is 5.02 Å². The normalized spacial score (nSPS) is 37.3. The number of benzene rings is 1. The van der Waals surface area contributed by atoms with Crippen LogP contribution in [0.15, 0.2) is 18.2 Å². The highest BCUT2D eigenvalue weighted by Crippen LogP contribution is 2.53. The number of para-hydroxylation sites is 1. The molecule has 1 aromatic carbocycles. The largest absolute Gasteiger partial charge is 0.376 e. The highest BCUT2D eigenvalue weighted by Gasteiger charge is 2.69. The molecule has 0 aliphatic carbocycles. The molecule has 142 valence electrons. The van der Waals surface area contributed by atoms with Gasteiger partial charge in [-0.15, -0.1) is 0 Å². The van der Waals surface area contributed by atoms with E-state index in [1.807, 2.05) is 6.92 Å². The van der Waals surface area contributed by atoms with Gasteiger partial charge in [-0.2, -0.15) is 0 Å². The number of nitrogens with zero attached hydrogens (tertiary/aromatic N) is 1. The van der Waals surface area contributed by atoms with Gasteiger partial charge in [0.1, 0.15) is 5.54 Å². The van der Waals surface area contributed by atoms with Gasteiger partial charge in [0.2, 0.25) is 17.7 Å². The highest BCUT2D eigenvalue weighted by molar-refractivity contribution is 6.35. The Morgan fingerprint density at radius 2 is 2.11 bits per heavy atom. The van der Waals surface area contributed by atoms with Crippen LogP contribution in [0.1, 0.15) is 25.3 Å². The fraction of sp³-hybridized carbons (Fsp3) is 0.526. The van der Waals surface area contributed by atoms with Crippen molar-refractivity contribution in [2.45, 2.75) is 37.5 Å². The molecule has 0 bridgehead atoms. The maximum Gasteiger partial charge on any atom is 0.250 e. The monoisotopic (exact) mass is 389 g/mol. The van der Waals surface area contributed by atoms with E-state index in [0.29, 0.717) is 22.9 Å². The zero-order chi connectivity index (χ0) is 18.9. The molecule has 3 saturated heterocycles. The van der Waals surface area contributed by atoms with Crippen molar-refractivity contribution in [3.05, 3.63) is 28.8 Å². The number of amides is 3. The van der Waals surface area contributed by atoms with Gasteiger partial charge < -0.3 is 10.1 Å². The molecule has 0 aromatic heterocycles. The van der Waals surface area contributed by atoms with Crippen molar-refractivity contribution in [2.75, 3.05) is 18.5 Å². The van der Waals surface area contributed by atoms with Crippen LogP contribution in [0.3, 0.4) is 0 Å². The van der Waals surface area contributed by atoms with Crippen LogP contribution in [0, 0.1) is 11.8 Å². The number of nitrogens with one attached hydrogen (secondary N) is 2. The fourth-order valence-electron chi connectivity index (χ4n) is 5.19. The Morgan fingerprint density at radius 1 is 1.30 bits per heavy atom. The first-order chi connectivity index (χ1) is 12.9. The fourth-order valence-corrected chi connectivity index (χ4v) is 5.41. The zero-order valence-electron chi connectivity index (χ0n) is 14.8. The molecule has 2 N–H and O–H groups in total. The van der Waals surface area contributed by atoms with Crippen LogP contribution in [0.5, 0.6) is 0 Å². The molecule has 0 radical (unpaired) electrons. The van der Waals surface area contributed by atoms with Gasteiger partial charge in [0.05, 0.1) is 35.2 Å². The first-order valence-electron chi connectivity index (χ1n) is 9.30. The van der Waals surface area contributed by atoms with E-state index < -0.39 is 17.4 Å². The molecule has 4 heterocycles. The number of likely N-dealkylation sites (tertiary alicyclic amines) is 1. The lowest BCUT2D eigenvalue weighted by molar-refractivity contribution is -0.144. The molecule has 3 amide bonds. The van der Waals surface area contributed by atoms with Gasteiger partial charge in [-0.25, -0.2) is 0 Å². The van der Waals surface area contributed by atoms with Gasteiger partial charge in [-0.3, -0.25) is 24.6 Å². The van der Waals surface area contributed by atoms with Crippen LogP contribution in [0.25, 0.3) is 0 Å². The molecule has 1 aromatic rings. The summed E-state index contributed by atoms with van der Waals surface area (Å²) < 4.78 is 5.61. The predicted octanol–water partition coefficient (Wildman–Crippen LogP) is 1.26. The lowest BCUT2D eigenvalue weighted by Crippen LogP contribution is -2.53. The second-order valence-corrected chi connectivity index (χ2v) is 8.19. The minimum Gasteiger partial charge on any atom is -0.376 e. The summed E-state index contributed by atoms with van der Waals surface area (Å²) in [6.45, 7) is 2.77. The molecule has 3 fully saturated rings. The Labute approximate surface area is 161 Å². The van der Waals surface area contributed by atoms with Gasteiger partial charge in [-0.1, -0.05) is 23.7 Å². The third-order valence-electron chi connectivity index (χ3n) is 6.35. The SMILES string of the molecule is C[C@@H]1N[C@@]2(C(=O)Nc3c(Cl)cccc32)[C@H]2C(=O)N(C[C@H]3CCCO3)C(=O)[C@@H]12. The van der Waals surface area contributed by atoms with Crippen molar-refractivity contribution in [1.29, 1.82) is 0 Å². The van der Waals surface area contributed by atoms with Gasteiger partial charge in [0.15, 0.2) is 0 Å². The van der Waals surface area contributed by atoms with Crippen molar-refractivity contribution in [3.8, 4) is 0 Å². The van der Waals surface area contributed by atoms with Crippen molar-refractivity contribution >= 4 is 35.0 Å². The van der Waals surface area contributed by atoms with Crippen LogP contribution in [-0.2, 0) is 24.7 Å². The Balaban J connectivity index is 1.58. The number of halogens is 1. The second-order valence-electron chi connectivity index (χ2n) is 7.78. The van der Waals surface area contributed by atoms with E-state index in [1.54, 1.807) is 18.2 Å².